The van der Waals surface area contributed by atoms with Gasteiger partial charge >= 0.3 is 0 Å². The van der Waals surface area contributed by atoms with Crippen LogP contribution in [0.25, 0.3) is 0 Å². The number of aromatic nitrogens is 1. The largest absolute Gasteiger partial charge is 0.494 e. The van der Waals surface area contributed by atoms with E-state index < -0.39 is 15.7 Å². The van der Waals surface area contributed by atoms with Crippen molar-refractivity contribution in [2.45, 2.75) is 16.3 Å². The molecule has 2 aromatic carbocycles. The minimum absolute atomic E-state index is 0.0184. The Morgan fingerprint density at radius 2 is 1.76 bits per heavy atom. The summed E-state index contributed by atoms with van der Waals surface area (Å²) in [6.07, 6.45) is 3.26. The van der Waals surface area contributed by atoms with Crippen molar-refractivity contribution in [3.8, 4) is 5.75 Å². The number of guanidine groups is 1. The molecular formula is C20H19FN4O3S. The van der Waals surface area contributed by atoms with Crippen molar-refractivity contribution < 1.29 is 17.5 Å². The number of nitrogens with two attached hydrogens (primary N) is 1. The molecule has 0 aliphatic carbocycles. The van der Waals surface area contributed by atoms with E-state index in [0.717, 1.165) is 17.3 Å². The van der Waals surface area contributed by atoms with Crippen molar-refractivity contribution in [2.75, 3.05) is 12.4 Å². The number of nitrogens with one attached hydrogen (secondary N) is 1. The number of sulfone groups is 1. The Balaban J connectivity index is 1.72. The number of methoxy groups -OCH3 is 1. The van der Waals surface area contributed by atoms with Crippen LogP contribution >= 0.6 is 0 Å². The van der Waals surface area contributed by atoms with Gasteiger partial charge in [0.25, 0.3) is 0 Å². The highest BCUT2D eigenvalue weighted by atomic mass is 32.2. The average Bonchev–Trinajstić information content (AvgIpc) is 2.73. The van der Waals surface area contributed by atoms with E-state index >= 15 is 0 Å². The monoisotopic (exact) mass is 414 g/mol. The zero-order valence-electron chi connectivity index (χ0n) is 15.5. The molecule has 0 radical (unpaired) electrons. The molecule has 0 spiro atoms. The van der Waals surface area contributed by atoms with Crippen LogP contribution in [0.1, 0.15) is 5.56 Å². The van der Waals surface area contributed by atoms with Crippen LogP contribution in [-0.4, -0.2) is 26.5 Å². The molecule has 0 amide bonds. The van der Waals surface area contributed by atoms with Crippen molar-refractivity contribution in [2.24, 2.45) is 10.7 Å². The van der Waals surface area contributed by atoms with Crippen LogP contribution in [-0.2, 0) is 16.4 Å². The fourth-order valence-electron chi connectivity index (χ4n) is 2.52. The third-order valence-corrected chi connectivity index (χ3v) is 5.82. The Kier molecular flexibility index (Phi) is 6.08. The normalized spacial score (nSPS) is 11.9. The molecule has 0 atom stereocenters. The van der Waals surface area contributed by atoms with Gasteiger partial charge in [-0.3, -0.25) is 4.98 Å². The summed E-state index contributed by atoms with van der Waals surface area (Å²) >= 11 is 0. The Labute approximate surface area is 168 Å². The predicted molar refractivity (Wildman–Crippen MR) is 108 cm³/mol. The summed E-state index contributed by atoms with van der Waals surface area (Å²) in [7, 11) is -2.54. The highest BCUT2D eigenvalue weighted by Crippen LogP contribution is 2.26. The van der Waals surface area contributed by atoms with E-state index in [0.29, 0.717) is 0 Å². The van der Waals surface area contributed by atoms with Gasteiger partial charge < -0.3 is 15.8 Å². The molecule has 0 bridgehead atoms. The minimum atomic E-state index is -3.85. The van der Waals surface area contributed by atoms with Gasteiger partial charge in [-0.15, -0.1) is 0 Å². The summed E-state index contributed by atoms with van der Waals surface area (Å²) < 4.78 is 44.1. The molecule has 1 heterocycles. The number of hydrogen-bond acceptors (Lipinski definition) is 5. The lowest BCUT2D eigenvalue weighted by molar-refractivity contribution is 0.385. The summed E-state index contributed by atoms with van der Waals surface area (Å²) in [6.45, 7) is 0.265. The van der Waals surface area contributed by atoms with Crippen molar-refractivity contribution >= 4 is 21.5 Å². The second kappa shape index (κ2) is 8.70. The van der Waals surface area contributed by atoms with Gasteiger partial charge in [0.05, 0.1) is 23.4 Å². The SMILES string of the molecule is COc1ccc(S(=O)(=O)c2ccc(CN=C(N)Nc3ccncc3)cc2)cc1F. The zero-order chi connectivity index (χ0) is 20.9. The average molecular weight is 414 g/mol. The van der Waals surface area contributed by atoms with E-state index in [4.69, 9.17) is 10.5 Å². The molecule has 1 aromatic heterocycles. The Hall–Kier alpha value is -3.46. The minimum Gasteiger partial charge on any atom is -0.494 e. The fourth-order valence-corrected chi connectivity index (χ4v) is 3.80. The lowest BCUT2D eigenvalue weighted by Crippen LogP contribution is -2.22. The summed E-state index contributed by atoms with van der Waals surface area (Å²) in [6, 6.07) is 13.2. The molecule has 3 N–H and O–H groups in total. The lowest BCUT2D eigenvalue weighted by Gasteiger charge is -2.08. The third-order valence-electron chi connectivity index (χ3n) is 4.05. The second-order valence-corrected chi connectivity index (χ2v) is 7.96. The van der Waals surface area contributed by atoms with Crippen molar-refractivity contribution in [1.29, 1.82) is 0 Å². The number of nitrogens with zero attached hydrogens (tertiary/aromatic N) is 2. The lowest BCUT2D eigenvalue weighted by atomic mass is 10.2. The highest BCUT2D eigenvalue weighted by Gasteiger charge is 2.19. The van der Waals surface area contributed by atoms with Gasteiger partial charge in [-0.2, -0.15) is 0 Å². The molecule has 0 unspecified atom stereocenters. The first-order chi connectivity index (χ1) is 13.9. The fraction of sp³-hybridized carbons (Fsp3) is 0.100. The highest BCUT2D eigenvalue weighted by molar-refractivity contribution is 7.91. The number of ether oxygens (including phenoxy) is 1. The third kappa shape index (κ3) is 4.88. The quantitative estimate of drug-likeness (QED) is 0.474. The van der Waals surface area contributed by atoms with E-state index in [1.165, 1.54) is 31.4 Å². The summed E-state index contributed by atoms with van der Waals surface area (Å²) in [5, 5.41) is 2.93. The maximum atomic E-state index is 13.9. The van der Waals surface area contributed by atoms with Gasteiger partial charge in [0.15, 0.2) is 17.5 Å². The standard InChI is InChI=1S/C20H19FN4O3S/c1-28-19-7-6-17(12-18(19)21)29(26,27)16-4-2-14(3-5-16)13-24-20(22)25-15-8-10-23-11-9-15/h2-12H,13H2,1H3,(H3,22,23,24,25). The second-order valence-electron chi connectivity index (χ2n) is 6.01. The first kappa shape index (κ1) is 20.3. The van der Waals surface area contributed by atoms with Crippen molar-refractivity contribution in [3.05, 3.63) is 78.4 Å². The number of halogens is 1. The van der Waals surface area contributed by atoms with Crippen LogP contribution in [0.2, 0.25) is 0 Å². The van der Waals surface area contributed by atoms with E-state index in [9.17, 15) is 12.8 Å². The van der Waals surface area contributed by atoms with Crippen molar-refractivity contribution in [1.82, 2.24) is 4.98 Å². The molecule has 3 aromatic rings. The molecule has 150 valence electrons. The first-order valence-corrected chi connectivity index (χ1v) is 10.0. The van der Waals surface area contributed by atoms with Gasteiger partial charge in [0, 0.05) is 18.1 Å². The summed E-state index contributed by atoms with van der Waals surface area (Å²) in [5.41, 5.74) is 7.37. The molecule has 0 aliphatic rings. The number of rotatable bonds is 6. The molecular weight excluding hydrogens is 395 g/mol. The Morgan fingerprint density at radius 3 is 2.38 bits per heavy atom. The zero-order valence-corrected chi connectivity index (χ0v) is 16.4. The molecule has 0 saturated carbocycles. The molecule has 7 nitrogen and oxygen atoms in total. The van der Waals surface area contributed by atoms with Crippen LogP contribution in [0, 0.1) is 5.82 Å². The summed E-state index contributed by atoms with van der Waals surface area (Å²) in [4.78, 5) is 8.04. The number of hydrogen-bond donors (Lipinski definition) is 2. The van der Waals surface area contributed by atoms with Gasteiger partial charge in [-0.1, -0.05) is 12.1 Å². The molecule has 9 heteroatoms. The van der Waals surface area contributed by atoms with Crippen LogP contribution in [0.5, 0.6) is 5.75 Å². The topological polar surface area (TPSA) is 107 Å². The Morgan fingerprint density at radius 1 is 1.10 bits per heavy atom. The predicted octanol–water partition coefficient (Wildman–Crippen LogP) is 2.99. The smallest absolute Gasteiger partial charge is 0.206 e. The van der Waals surface area contributed by atoms with Gasteiger partial charge in [0.1, 0.15) is 0 Å². The van der Waals surface area contributed by atoms with E-state index in [1.54, 1.807) is 36.7 Å². The Bertz CT molecular complexity index is 1120. The van der Waals surface area contributed by atoms with E-state index in [-0.39, 0.29) is 28.0 Å². The first-order valence-electron chi connectivity index (χ1n) is 8.54. The maximum Gasteiger partial charge on any atom is 0.206 e. The number of anilines is 1. The van der Waals surface area contributed by atoms with E-state index in [1.807, 2.05) is 0 Å². The molecule has 29 heavy (non-hydrogen) atoms. The van der Waals surface area contributed by atoms with Crippen LogP contribution < -0.4 is 15.8 Å². The number of pyridine rings is 1. The van der Waals surface area contributed by atoms with Gasteiger partial charge in [0.2, 0.25) is 9.84 Å². The molecule has 0 saturated heterocycles. The van der Waals surface area contributed by atoms with Crippen LogP contribution in [0.4, 0.5) is 10.1 Å². The van der Waals surface area contributed by atoms with Crippen molar-refractivity contribution in [3.63, 3.8) is 0 Å². The van der Waals surface area contributed by atoms with Crippen LogP contribution in [0.3, 0.4) is 0 Å². The molecule has 0 aliphatic heterocycles. The molecule has 3 rings (SSSR count). The van der Waals surface area contributed by atoms with Crippen LogP contribution in [0.15, 0.2) is 81.8 Å². The van der Waals surface area contributed by atoms with Gasteiger partial charge in [-0.25, -0.2) is 17.8 Å². The number of benzene rings is 2. The van der Waals surface area contributed by atoms with E-state index in [2.05, 4.69) is 15.3 Å². The number of aliphatic imine (C=N–C) groups is 1. The summed E-state index contributed by atoms with van der Waals surface area (Å²) in [5.74, 6) is -0.534. The molecule has 0 fully saturated rings. The van der Waals surface area contributed by atoms with Gasteiger partial charge in [-0.05, 0) is 48.0 Å². The maximum absolute atomic E-state index is 13.9.